The van der Waals surface area contributed by atoms with Gasteiger partial charge in [0.05, 0.1) is 19.1 Å². The Bertz CT molecular complexity index is 1240. The summed E-state index contributed by atoms with van der Waals surface area (Å²) in [6.07, 6.45) is 1.09. The molecule has 1 fully saturated rings. The van der Waals surface area contributed by atoms with Gasteiger partial charge in [-0.25, -0.2) is 0 Å². The van der Waals surface area contributed by atoms with Crippen LogP contribution in [-0.2, 0) is 22.8 Å². The van der Waals surface area contributed by atoms with Crippen molar-refractivity contribution in [2.24, 2.45) is 0 Å². The number of aliphatic hydroxyl groups excluding tert-OH is 1. The third-order valence-corrected chi connectivity index (χ3v) is 24.5. The Morgan fingerprint density at radius 3 is 1.84 bits per heavy atom. The number of fused-ring (bicyclic) bond motifs is 1. The van der Waals surface area contributed by atoms with Crippen LogP contribution in [0, 0.1) is 23.7 Å². The summed E-state index contributed by atoms with van der Waals surface area (Å²) in [7, 11) is -6.91. The second-order valence-electron chi connectivity index (χ2n) is 18.2. The lowest BCUT2D eigenvalue weighted by Gasteiger charge is -2.46. The van der Waals surface area contributed by atoms with E-state index < -0.39 is 54.1 Å². The van der Waals surface area contributed by atoms with Gasteiger partial charge in [-0.05, 0) is 74.3 Å². The summed E-state index contributed by atoms with van der Waals surface area (Å²) in [4.78, 5) is 0. The van der Waals surface area contributed by atoms with Gasteiger partial charge in [-0.15, -0.1) is 0 Å². The standard InChI is InChI=1S/C35H62O6Si3/c1-30(2,3)42(12,13)39-27-23-26-20-22-34(29-25-37-33(10,11)38-29,40-43(14,15)31(4,5)6)21-18-19-28(36)35(26,24-27)41-44(16,17)32(7,8)9/h23,27-29,36H,21,24-25H2,1-17H3/t27-,28-,29-,34-,35-/m1/s1. The Morgan fingerprint density at radius 2 is 1.36 bits per heavy atom. The van der Waals surface area contributed by atoms with E-state index in [0.29, 0.717) is 19.4 Å². The molecular weight excluding hydrogens is 601 g/mol. The molecule has 0 unspecified atom stereocenters. The van der Waals surface area contributed by atoms with E-state index in [0.717, 1.165) is 5.57 Å². The topological polar surface area (TPSA) is 66.4 Å². The molecule has 0 saturated carbocycles. The molecule has 44 heavy (non-hydrogen) atoms. The van der Waals surface area contributed by atoms with Crippen molar-refractivity contribution in [2.45, 2.75) is 179 Å². The molecule has 1 N–H and O–H groups in total. The first kappa shape index (κ1) is 37.7. The predicted octanol–water partition coefficient (Wildman–Crippen LogP) is 8.15. The van der Waals surface area contributed by atoms with E-state index in [1.165, 1.54) is 0 Å². The zero-order chi connectivity index (χ0) is 34.0. The second-order valence-corrected chi connectivity index (χ2v) is 32.4. The number of aliphatic hydroxyl groups is 1. The highest BCUT2D eigenvalue weighted by Crippen LogP contribution is 2.49. The molecule has 9 heteroatoms. The van der Waals surface area contributed by atoms with Crippen LogP contribution < -0.4 is 0 Å². The van der Waals surface area contributed by atoms with Gasteiger partial charge in [-0.2, -0.15) is 0 Å². The Morgan fingerprint density at radius 1 is 0.841 bits per heavy atom. The minimum Gasteiger partial charge on any atom is -0.410 e. The number of hydrogen-bond acceptors (Lipinski definition) is 6. The highest BCUT2D eigenvalue weighted by atomic mass is 28.4. The van der Waals surface area contributed by atoms with E-state index in [1.54, 1.807) is 0 Å². The summed E-state index contributed by atoms with van der Waals surface area (Å²) < 4.78 is 33.9. The molecule has 250 valence electrons. The first-order chi connectivity index (χ1) is 19.5. The Kier molecular flexibility index (Phi) is 10.1. The minimum absolute atomic E-state index is 0.0286. The van der Waals surface area contributed by atoms with Crippen LogP contribution >= 0.6 is 0 Å². The largest absolute Gasteiger partial charge is 0.410 e. The first-order valence-corrected chi connectivity index (χ1v) is 25.0. The van der Waals surface area contributed by atoms with Crippen LogP contribution in [0.2, 0.25) is 54.4 Å². The lowest BCUT2D eigenvalue weighted by atomic mass is 9.89. The summed E-state index contributed by atoms with van der Waals surface area (Å²) in [6.45, 7) is 37.7. The Labute approximate surface area is 272 Å². The van der Waals surface area contributed by atoms with Crippen LogP contribution in [0.3, 0.4) is 0 Å². The summed E-state index contributed by atoms with van der Waals surface area (Å²) in [5.74, 6) is 13.0. The molecular formula is C35H62O6Si3. The molecule has 0 aromatic rings. The Balaban J connectivity index is 2.27. The van der Waals surface area contributed by atoms with Gasteiger partial charge >= 0.3 is 0 Å². The molecule has 3 aliphatic rings. The summed E-state index contributed by atoms with van der Waals surface area (Å²) in [5.41, 5.74) is -1.42. The van der Waals surface area contributed by atoms with Crippen molar-refractivity contribution in [3.8, 4) is 23.7 Å². The molecule has 0 spiro atoms. The summed E-state index contributed by atoms with van der Waals surface area (Å²) >= 11 is 0. The molecule has 0 aromatic heterocycles. The quantitative estimate of drug-likeness (QED) is 0.219. The molecule has 6 nitrogen and oxygen atoms in total. The molecule has 0 bridgehead atoms. The predicted molar refractivity (Wildman–Crippen MR) is 188 cm³/mol. The lowest BCUT2D eigenvalue weighted by Crippen LogP contribution is -2.56. The normalized spacial score (nSPS) is 31.5. The van der Waals surface area contributed by atoms with E-state index in [-0.39, 0.29) is 21.2 Å². The maximum Gasteiger partial charge on any atom is 0.194 e. The van der Waals surface area contributed by atoms with Crippen molar-refractivity contribution in [1.29, 1.82) is 0 Å². The fourth-order valence-electron chi connectivity index (χ4n) is 5.05. The number of ether oxygens (including phenoxy) is 2. The fraction of sp³-hybridized carbons (Fsp3) is 0.829. The molecule has 0 radical (unpaired) electrons. The third kappa shape index (κ3) is 7.53. The number of rotatable bonds is 7. The molecule has 1 heterocycles. The van der Waals surface area contributed by atoms with Crippen LogP contribution in [0.5, 0.6) is 0 Å². The molecule has 2 aliphatic carbocycles. The zero-order valence-electron chi connectivity index (χ0n) is 30.9. The average Bonchev–Trinajstić information content (AvgIpc) is 3.34. The summed E-state index contributed by atoms with van der Waals surface area (Å²) in [6, 6.07) is 0. The monoisotopic (exact) mass is 662 g/mol. The lowest BCUT2D eigenvalue weighted by molar-refractivity contribution is -0.157. The first-order valence-electron chi connectivity index (χ1n) is 16.3. The van der Waals surface area contributed by atoms with E-state index in [2.05, 4.69) is 131 Å². The van der Waals surface area contributed by atoms with Crippen molar-refractivity contribution in [2.75, 3.05) is 6.61 Å². The van der Waals surface area contributed by atoms with E-state index in [9.17, 15) is 5.11 Å². The Hall–Kier alpha value is -0.729. The molecule has 3 rings (SSSR count). The van der Waals surface area contributed by atoms with Crippen LogP contribution in [0.15, 0.2) is 11.6 Å². The SMILES string of the molecule is CC1(C)OC[C@H]([C@]2(O[Si](C)(C)C(C)(C)C)C#CC3=C[C@@H](O[Si](C)(C)C(C)(C)C)C[C@]3(O[Si](C)(C)C(C)(C)C)[C@H](O)C#CC2)O1. The van der Waals surface area contributed by atoms with E-state index in [1.807, 2.05) is 13.8 Å². The van der Waals surface area contributed by atoms with Gasteiger partial charge in [0.25, 0.3) is 0 Å². The van der Waals surface area contributed by atoms with Gasteiger partial charge in [0.15, 0.2) is 36.3 Å². The second kappa shape index (κ2) is 11.8. The third-order valence-electron chi connectivity index (χ3n) is 11.0. The minimum atomic E-state index is -2.40. The van der Waals surface area contributed by atoms with Gasteiger partial charge in [0.1, 0.15) is 17.8 Å². The summed E-state index contributed by atoms with van der Waals surface area (Å²) in [5, 5.41) is 11.9. The maximum atomic E-state index is 12.0. The van der Waals surface area contributed by atoms with Crippen LogP contribution in [-0.4, -0.2) is 72.0 Å². The molecule has 0 amide bonds. The number of hydrogen-bond donors (Lipinski definition) is 1. The molecule has 1 aliphatic heterocycles. The van der Waals surface area contributed by atoms with Gasteiger partial charge in [0.2, 0.25) is 0 Å². The highest BCUT2D eigenvalue weighted by molar-refractivity contribution is 6.75. The van der Waals surface area contributed by atoms with Crippen molar-refractivity contribution in [1.82, 2.24) is 0 Å². The van der Waals surface area contributed by atoms with Gasteiger partial charge < -0.3 is 27.9 Å². The van der Waals surface area contributed by atoms with E-state index >= 15 is 0 Å². The smallest absolute Gasteiger partial charge is 0.194 e. The van der Waals surface area contributed by atoms with Crippen LogP contribution in [0.25, 0.3) is 0 Å². The van der Waals surface area contributed by atoms with Crippen LogP contribution in [0.1, 0.15) is 89.0 Å². The molecule has 1 saturated heterocycles. The molecule has 5 atom stereocenters. The zero-order valence-corrected chi connectivity index (χ0v) is 33.9. The van der Waals surface area contributed by atoms with Crippen molar-refractivity contribution in [3.63, 3.8) is 0 Å². The van der Waals surface area contributed by atoms with Crippen LogP contribution in [0.4, 0.5) is 0 Å². The van der Waals surface area contributed by atoms with Gasteiger partial charge in [0, 0.05) is 12.0 Å². The average molecular weight is 663 g/mol. The van der Waals surface area contributed by atoms with E-state index in [4.69, 9.17) is 22.8 Å². The maximum absolute atomic E-state index is 12.0. The van der Waals surface area contributed by atoms with Crippen molar-refractivity contribution < 1.29 is 27.9 Å². The van der Waals surface area contributed by atoms with Gasteiger partial charge in [-0.3, -0.25) is 0 Å². The van der Waals surface area contributed by atoms with Crippen molar-refractivity contribution >= 4 is 25.0 Å². The van der Waals surface area contributed by atoms with Gasteiger partial charge in [-0.1, -0.05) is 86.0 Å². The molecule has 0 aromatic carbocycles. The van der Waals surface area contributed by atoms with Crippen molar-refractivity contribution in [3.05, 3.63) is 11.6 Å². The fourth-order valence-corrected chi connectivity index (χ4v) is 9.31. The highest BCUT2D eigenvalue weighted by Gasteiger charge is 2.57.